The molecule has 6 nitrogen and oxygen atoms in total. The van der Waals surface area contributed by atoms with Crippen molar-refractivity contribution in [2.45, 2.75) is 19.1 Å². The van der Waals surface area contributed by atoms with Crippen LogP contribution in [0.2, 0.25) is 0 Å². The quantitative estimate of drug-likeness (QED) is 0.740. The Labute approximate surface area is 147 Å². The molecule has 1 atom stereocenters. The fourth-order valence-electron chi connectivity index (χ4n) is 2.45. The third kappa shape index (κ3) is 4.87. The molecule has 0 aliphatic rings. The molecule has 2 rings (SSSR count). The molecule has 1 unspecified atom stereocenters. The van der Waals surface area contributed by atoms with Gasteiger partial charge in [0.05, 0.1) is 21.3 Å². The smallest absolute Gasteiger partial charge is 0.322 e. The lowest BCUT2D eigenvalue weighted by Gasteiger charge is -2.15. The van der Waals surface area contributed by atoms with Gasteiger partial charge in [0.1, 0.15) is 18.4 Å². The van der Waals surface area contributed by atoms with Crippen LogP contribution in [0.5, 0.6) is 17.2 Å². The van der Waals surface area contributed by atoms with Gasteiger partial charge in [-0.15, -0.1) is 0 Å². The number of para-hydroxylation sites is 2. The number of benzene rings is 2. The van der Waals surface area contributed by atoms with Crippen molar-refractivity contribution in [3.05, 3.63) is 53.6 Å². The maximum absolute atomic E-state index is 11.5. The van der Waals surface area contributed by atoms with Gasteiger partial charge in [0.25, 0.3) is 0 Å². The molecule has 25 heavy (non-hydrogen) atoms. The monoisotopic (exact) mass is 345 g/mol. The van der Waals surface area contributed by atoms with Crippen molar-refractivity contribution < 1.29 is 23.7 Å². The average molecular weight is 345 g/mol. The van der Waals surface area contributed by atoms with Crippen LogP contribution >= 0.6 is 0 Å². The van der Waals surface area contributed by atoms with Gasteiger partial charge in [-0.3, -0.25) is 4.79 Å². The van der Waals surface area contributed by atoms with Gasteiger partial charge in [-0.2, -0.15) is 0 Å². The van der Waals surface area contributed by atoms with Crippen LogP contribution in [-0.4, -0.2) is 33.3 Å². The third-order valence-electron chi connectivity index (χ3n) is 3.76. The molecule has 0 aromatic heterocycles. The number of carbonyl (C=O) groups excluding carboxylic acids is 1. The molecule has 0 aliphatic carbocycles. The molecule has 2 N–H and O–H groups in total. The fraction of sp³-hybridized carbons (Fsp3) is 0.316. The summed E-state index contributed by atoms with van der Waals surface area (Å²) < 4.78 is 21.2. The van der Waals surface area contributed by atoms with Gasteiger partial charge < -0.3 is 24.7 Å². The first-order valence-electron chi connectivity index (χ1n) is 7.84. The summed E-state index contributed by atoms with van der Waals surface area (Å²) in [4.78, 5) is 11.5. The Hall–Kier alpha value is -2.73. The van der Waals surface area contributed by atoms with Gasteiger partial charge in [0.15, 0.2) is 11.5 Å². The van der Waals surface area contributed by atoms with Crippen LogP contribution in [0.1, 0.15) is 11.1 Å². The highest BCUT2D eigenvalue weighted by atomic mass is 16.5. The maximum Gasteiger partial charge on any atom is 0.322 e. The predicted molar refractivity (Wildman–Crippen MR) is 94.0 cm³/mol. The van der Waals surface area contributed by atoms with E-state index in [1.165, 1.54) is 7.11 Å². The summed E-state index contributed by atoms with van der Waals surface area (Å²) >= 11 is 0. The number of methoxy groups -OCH3 is 3. The summed E-state index contributed by atoms with van der Waals surface area (Å²) in [7, 11) is 4.52. The van der Waals surface area contributed by atoms with Crippen molar-refractivity contribution >= 4 is 5.97 Å². The van der Waals surface area contributed by atoms with E-state index in [0.717, 1.165) is 11.1 Å². The zero-order chi connectivity index (χ0) is 18.2. The number of nitrogens with two attached hydrogens (primary N) is 1. The van der Waals surface area contributed by atoms with Crippen molar-refractivity contribution in [1.82, 2.24) is 0 Å². The second-order valence-corrected chi connectivity index (χ2v) is 5.42. The van der Waals surface area contributed by atoms with Crippen LogP contribution in [-0.2, 0) is 22.6 Å². The molecule has 0 saturated heterocycles. The van der Waals surface area contributed by atoms with E-state index in [1.807, 2.05) is 42.5 Å². The Balaban J connectivity index is 2.15. The van der Waals surface area contributed by atoms with E-state index >= 15 is 0 Å². The Morgan fingerprint density at radius 1 is 1.00 bits per heavy atom. The molecule has 0 aliphatic heterocycles. The van der Waals surface area contributed by atoms with Gasteiger partial charge in [-0.05, 0) is 36.2 Å². The maximum atomic E-state index is 11.5. The minimum atomic E-state index is -0.707. The second-order valence-electron chi connectivity index (χ2n) is 5.42. The van der Waals surface area contributed by atoms with E-state index in [1.54, 1.807) is 14.2 Å². The van der Waals surface area contributed by atoms with Crippen molar-refractivity contribution in [3.8, 4) is 17.2 Å². The highest BCUT2D eigenvalue weighted by Crippen LogP contribution is 2.28. The van der Waals surface area contributed by atoms with Gasteiger partial charge in [-0.1, -0.05) is 18.2 Å². The van der Waals surface area contributed by atoms with Crippen molar-refractivity contribution in [3.63, 3.8) is 0 Å². The van der Waals surface area contributed by atoms with E-state index in [0.29, 0.717) is 30.3 Å². The lowest BCUT2D eigenvalue weighted by molar-refractivity contribution is -0.142. The lowest BCUT2D eigenvalue weighted by Crippen LogP contribution is -2.33. The van der Waals surface area contributed by atoms with E-state index in [2.05, 4.69) is 4.74 Å². The molecule has 0 spiro atoms. The number of carbonyl (C=O) groups is 1. The van der Waals surface area contributed by atoms with Crippen LogP contribution in [0.4, 0.5) is 0 Å². The summed E-state index contributed by atoms with van der Waals surface area (Å²) in [6.07, 6.45) is 0.373. The number of ether oxygens (including phenoxy) is 4. The van der Waals surface area contributed by atoms with Gasteiger partial charge in [0.2, 0.25) is 0 Å². The van der Waals surface area contributed by atoms with Crippen molar-refractivity contribution in [1.29, 1.82) is 0 Å². The zero-order valence-corrected chi connectivity index (χ0v) is 14.7. The molecule has 0 bridgehead atoms. The SMILES string of the molecule is COC(=O)C(N)Cc1ccc(OC)c(COc2ccccc2OC)c1. The molecule has 2 aromatic carbocycles. The molecular weight excluding hydrogens is 322 g/mol. The third-order valence-corrected chi connectivity index (χ3v) is 3.76. The number of hydrogen-bond acceptors (Lipinski definition) is 6. The van der Waals surface area contributed by atoms with E-state index in [9.17, 15) is 4.79 Å². The van der Waals surface area contributed by atoms with Gasteiger partial charge in [-0.25, -0.2) is 0 Å². The topological polar surface area (TPSA) is 80.0 Å². The molecule has 2 aromatic rings. The molecule has 6 heteroatoms. The summed E-state index contributed by atoms with van der Waals surface area (Å²) in [5.41, 5.74) is 7.58. The minimum absolute atomic E-state index is 0.296. The first-order chi connectivity index (χ1) is 12.1. The standard InChI is InChI=1S/C19H23NO5/c1-22-16-9-8-13(11-15(20)19(21)24-3)10-14(16)12-25-18-7-5-4-6-17(18)23-2/h4-10,15H,11-12,20H2,1-3H3. The number of esters is 1. The fourth-order valence-corrected chi connectivity index (χ4v) is 2.45. The van der Waals surface area contributed by atoms with E-state index in [4.69, 9.17) is 19.9 Å². The molecule has 0 amide bonds. The highest BCUT2D eigenvalue weighted by Gasteiger charge is 2.16. The largest absolute Gasteiger partial charge is 0.496 e. The number of rotatable bonds is 8. The molecule has 134 valence electrons. The summed E-state index contributed by atoms with van der Waals surface area (Å²) in [5, 5.41) is 0. The van der Waals surface area contributed by atoms with Crippen LogP contribution in [0.15, 0.2) is 42.5 Å². The molecule has 0 radical (unpaired) electrons. The van der Waals surface area contributed by atoms with Crippen LogP contribution in [0.25, 0.3) is 0 Å². The summed E-state index contributed by atoms with van der Waals surface area (Å²) in [5.74, 6) is 1.56. The Morgan fingerprint density at radius 2 is 1.68 bits per heavy atom. The Bertz CT molecular complexity index is 717. The minimum Gasteiger partial charge on any atom is -0.496 e. The summed E-state index contributed by atoms with van der Waals surface area (Å²) in [6.45, 7) is 0.296. The van der Waals surface area contributed by atoms with Gasteiger partial charge >= 0.3 is 5.97 Å². The lowest BCUT2D eigenvalue weighted by atomic mass is 10.0. The first kappa shape index (κ1) is 18.6. The van der Waals surface area contributed by atoms with Crippen LogP contribution < -0.4 is 19.9 Å². The molecular formula is C19H23NO5. The van der Waals surface area contributed by atoms with E-state index in [-0.39, 0.29) is 0 Å². The first-order valence-corrected chi connectivity index (χ1v) is 7.84. The molecule has 0 fully saturated rings. The second kappa shape index (κ2) is 8.94. The van der Waals surface area contributed by atoms with E-state index < -0.39 is 12.0 Å². The normalized spacial score (nSPS) is 11.5. The van der Waals surface area contributed by atoms with Crippen LogP contribution in [0, 0.1) is 0 Å². The van der Waals surface area contributed by atoms with Crippen LogP contribution in [0.3, 0.4) is 0 Å². The average Bonchev–Trinajstić information content (AvgIpc) is 2.65. The van der Waals surface area contributed by atoms with Gasteiger partial charge in [0, 0.05) is 5.56 Å². The molecule has 0 saturated carbocycles. The summed E-state index contributed by atoms with van der Waals surface area (Å²) in [6, 6.07) is 12.3. The van der Waals surface area contributed by atoms with Crippen molar-refractivity contribution in [2.75, 3.05) is 21.3 Å². The molecule has 0 heterocycles. The zero-order valence-electron chi connectivity index (χ0n) is 14.7. The van der Waals surface area contributed by atoms with Crippen molar-refractivity contribution in [2.24, 2.45) is 5.73 Å². The number of hydrogen-bond donors (Lipinski definition) is 1. The highest BCUT2D eigenvalue weighted by molar-refractivity contribution is 5.75. The Morgan fingerprint density at radius 3 is 2.32 bits per heavy atom. The Kier molecular flexibility index (Phi) is 6.65. The predicted octanol–water partition coefficient (Wildman–Crippen LogP) is 2.33.